The number of fused-ring (bicyclic) bond motifs is 6. The van der Waals surface area contributed by atoms with Crippen molar-refractivity contribution in [2.24, 2.45) is 33.6 Å². The zero-order valence-electron chi connectivity index (χ0n) is 15.4. The van der Waals surface area contributed by atoms with Crippen LogP contribution in [-0.2, 0) is 9.59 Å². The van der Waals surface area contributed by atoms with Gasteiger partial charge in [0.25, 0.3) is 0 Å². The van der Waals surface area contributed by atoms with Crippen LogP contribution in [0.4, 0.5) is 0 Å². The van der Waals surface area contributed by atoms with Gasteiger partial charge in [0.15, 0.2) is 5.78 Å². The smallest absolute Gasteiger partial charge is 0.161 e. The summed E-state index contributed by atoms with van der Waals surface area (Å²) in [6.45, 7) is 6.18. The van der Waals surface area contributed by atoms with E-state index in [2.05, 4.69) is 24.2 Å². The first-order chi connectivity index (χ1) is 11.9. The predicted octanol–water partition coefficient (Wildman–Crippen LogP) is 3.07. The zero-order valence-corrected chi connectivity index (χ0v) is 15.4. The quantitative estimate of drug-likeness (QED) is 0.737. The maximum Gasteiger partial charge on any atom is 0.161 e. The van der Waals surface area contributed by atoms with Crippen LogP contribution in [0, 0.1) is 28.6 Å². The molecular formula is C21H28N2O2. The normalized spacial score (nSPS) is 45.8. The Morgan fingerprint density at radius 2 is 1.84 bits per heavy atom. The van der Waals surface area contributed by atoms with Crippen LogP contribution in [0.15, 0.2) is 16.3 Å². The van der Waals surface area contributed by atoms with E-state index in [4.69, 9.17) is 0 Å². The fourth-order valence-corrected chi connectivity index (χ4v) is 7.06. The molecule has 0 amide bonds. The number of carbonyl (C=O) groups is 2. The first-order valence-electron chi connectivity index (χ1n) is 10.0. The highest BCUT2D eigenvalue weighted by Crippen LogP contribution is 2.64. The van der Waals surface area contributed by atoms with E-state index in [1.165, 1.54) is 0 Å². The molecule has 1 heterocycles. The van der Waals surface area contributed by atoms with Crippen molar-refractivity contribution < 1.29 is 9.59 Å². The summed E-state index contributed by atoms with van der Waals surface area (Å²) in [7, 11) is 0. The lowest BCUT2D eigenvalue weighted by Gasteiger charge is -2.56. The largest absolute Gasteiger partial charge is 0.381 e. The molecule has 25 heavy (non-hydrogen) atoms. The first kappa shape index (κ1) is 15.8. The maximum absolute atomic E-state index is 13.3. The average Bonchev–Trinajstić information content (AvgIpc) is 2.90. The Morgan fingerprint density at radius 3 is 2.68 bits per heavy atom. The Bertz CT molecular complexity index is 736. The molecule has 4 nitrogen and oxygen atoms in total. The molecule has 134 valence electrons. The lowest BCUT2D eigenvalue weighted by Crippen LogP contribution is -2.54. The minimum absolute atomic E-state index is 0.0361. The molecule has 0 saturated heterocycles. The molecule has 5 aliphatic rings. The second-order valence-corrected chi connectivity index (χ2v) is 9.34. The number of carbonyl (C=O) groups excluding carboxylic acids is 2. The van der Waals surface area contributed by atoms with Crippen molar-refractivity contribution in [3.63, 3.8) is 0 Å². The highest BCUT2D eigenvalue weighted by molar-refractivity contribution is 6.11. The number of hydrogen-bond acceptors (Lipinski definition) is 4. The van der Waals surface area contributed by atoms with Gasteiger partial charge in [0.05, 0.1) is 18.0 Å². The number of ketones is 2. The summed E-state index contributed by atoms with van der Waals surface area (Å²) in [4.78, 5) is 30.5. The van der Waals surface area contributed by atoms with Gasteiger partial charge in [-0.05, 0) is 49.9 Å². The van der Waals surface area contributed by atoms with Crippen molar-refractivity contribution in [1.29, 1.82) is 0 Å². The Balaban J connectivity index is 1.60. The molecule has 0 aromatic carbocycles. The van der Waals surface area contributed by atoms with Crippen molar-refractivity contribution in [3.8, 4) is 0 Å². The molecule has 4 heteroatoms. The molecular weight excluding hydrogens is 312 g/mol. The molecule has 0 bridgehead atoms. The minimum atomic E-state index is -0.160. The lowest BCUT2D eigenvalue weighted by molar-refractivity contribution is -0.137. The summed E-state index contributed by atoms with van der Waals surface area (Å²) in [6.07, 6.45) is 6.49. The molecule has 3 saturated carbocycles. The van der Waals surface area contributed by atoms with Crippen LogP contribution in [0.3, 0.4) is 0 Å². The number of allylic oxidation sites excluding steroid dienone is 2. The Morgan fingerprint density at radius 1 is 1.04 bits per heavy atom. The molecule has 0 aromatic rings. The Kier molecular flexibility index (Phi) is 3.19. The molecule has 4 aliphatic carbocycles. The zero-order chi connectivity index (χ0) is 17.4. The summed E-state index contributed by atoms with van der Waals surface area (Å²) in [5.74, 6) is 2.13. The number of nitrogens with zero attached hydrogens (tertiary/aromatic N) is 1. The van der Waals surface area contributed by atoms with Crippen molar-refractivity contribution >= 4 is 17.3 Å². The van der Waals surface area contributed by atoms with Crippen LogP contribution < -0.4 is 5.32 Å². The van der Waals surface area contributed by atoms with Gasteiger partial charge in [0.2, 0.25) is 0 Å². The number of aliphatic imine (C=N–C) groups is 1. The molecule has 1 aliphatic heterocycles. The molecule has 0 radical (unpaired) electrons. The van der Waals surface area contributed by atoms with E-state index in [1.807, 2.05) is 0 Å². The van der Waals surface area contributed by atoms with E-state index < -0.39 is 0 Å². The van der Waals surface area contributed by atoms with E-state index in [9.17, 15) is 9.59 Å². The van der Waals surface area contributed by atoms with Crippen molar-refractivity contribution in [1.82, 2.24) is 5.32 Å². The monoisotopic (exact) mass is 340 g/mol. The van der Waals surface area contributed by atoms with Crippen LogP contribution in [-0.4, -0.2) is 30.4 Å². The number of nitrogens with one attached hydrogen (secondary N) is 1. The van der Waals surface area contributed by atoms with Gasteiger partial charge in [0.1, 0.15) is 5.78 Å². The topological polar surface area (TPSA) is 58.5 Å². The first-order valence-corrected chi connectivity index (χ1v) is 10.0. The van der Waals surface area contributed by atoms with Crippen LogP contribution in [0.1, 0.15) is 58.8 Å². The fraction of sp³-hybridized carbons (Fsp3) is 0.762. The molecule has 5 atom stereocenters. The number of hydrogen-bond donors (Lipinski definition) is 1. The third kappa shape index (κ3) is 1.91. The third-order valence-electron chi connectivity index (χ3n) is 8.37. The van der Waals surface area contributed by atoms with E-state index in [-0.39, 0.29) is 10.8 Å². The second-order valence-electron chi connectivity index (χ2n) is 9.34. The summed E-state index contributed by atoms with van der Waals surface area (Å²) < 4.78 is 0. The summed E-state index contributed by atoms with van der Waals surface area (Å²) in [6, 6.07) is 0. The van der Waals surface area contributed by atoms with Gasteiger partial charge in [-0.15, -0.1) is 0 Å². The minimum Gasteiger partial charge on any atom is -0.381 e. The summed E-state index contributed by atoms with van der Waals surface area (Å²) >= 11 is 0. The van der Waals surface area contributed by atoms with Gasteiger partial charge >= 0.3 is 0 Å². The molecule has 1 N–H and O–H groups in total. The summed E-state index contributed by atoms with van der Waals surface area (Å²) in [5.41, 5.74) is 3.05. The lowest BCUT2D eigenvalue weighted by atomic mass is 9.47. The van der Waals surface area contributed by atoms with Gasteiger partial charge in [-0.3, -0.25) is 14.6 Å². The second kappa shape index (κ2) is 5.05. The van der Waals surface area contributed by atoms with Gasteiger partial charge in [-0.1, -0.05) is 13.8 Å². The van der Waals surface area contributed by atoms with Crippen LogP contribution in [0.5, 0.6) is 0 Å². The van der Waals surface area contributed by atoms with Gasteiger partial charge in [-0.25, -0.2) is 0 Å². The van der Waals surface area contributed by atoms with Crippen LogP contribution in [0.25, 0.3) is 0 Å². The van der Waals surface area contributed by atoms with Crippen molar-refractivity contribution in [2.75, 3.05) is 13.1 Å². The molecule has 5 rings (SSSR count). The van der Waals surface area contributed by atoms with Crippen molar-refractivity contribution in [2.45, 2.75) is 58.8 Å². The highest BCUT2D eigenvalue weighted by atomic mass is 16.1. The average molecular weight is 340 g/mol. The van der Waals surface area contributed by atoms with Crippen molar-refractivity contribution in [3.05, 3.63) is 11.3 Å². The molecule has 3 fully saturated rings. The number of Topliss-reactive ketones (excluding diaryl/α,β-unsaturated/α-hetero) is 2. The summed E-state index contributed by atoms with van der Waals surface area (Å²) in [5, 5.41) is 3.51. The van der Waals surface area contributed by atoms with E-state index >= 15 is 0 Å². The maximum atomic E-state index is 13.3. The van der Waals surface area contributed by atoms with E-state index in [0.717, 1.165) is 68.6 Å². The fourth-order valence-electron chi connectivity index (χ4n) is 7.06. The molecule has 0 aromatic heterocycles. The molecule has 0 spiro atoms. The molecule has 0 unspecified atom stereocenters. The Labute approximate surface area is 149 Å². The van der Waals surface area contributed by atoms with Crippen LogP contribution >= 0.6 is 0 Å². The predicted molar refractivity (Wildman–Crippen MR) is 96.3 cm³/mol. The van der Waals surface area contributed by atoms with Gasteiger partial charge < -0.3 is 5.32 Å². The van der Waals surface area contributed by atoms with E-state index in [0.29, 0.717) is 35.7 Å². The SMILES string of the molecule is C[C@]12CCC3=NCCNC3=C1C(=O)C[C@@H]1[C@@H]2CC[C@]2(C)C(=O)CC[C@@H]12. The van der Waals surface area contributed by atoms with Gasteiger partial charge in [-0.2, -0.15) is 0 Å². The number of rotatable bonds is 0. The third-order valence-corrected chi connectivity index (χ3v) is 8.37. The standard InChI is InChI=1S/C21H28N2O2/c1-20-7-5-14-12(13(20)3-4-17(20)25)11-16(24)18-19-15(22-9-10-23-19)6-8-21(14,18)2/h12-14,23H,3-11H2,1-2H3/t12-,13-,14-,20-,21+/m0/s1. The van der Waals surface area contributed by atoms with E-state index in [1.54, 1.807) is 0 Å². The van der Waals surface area contributed by atoms with Gasteiger partial charge in [0, 0.05) is 35.8 Å². The highest BCUT2D eigenvalue weighted by Gasteiger charge is 2.61. The van der Waals surface area contributed by atoms with Crippen LogP contribution in [0.2, 0.25) is 0 Å². The Hall–Kier alpha value is -1.45.